The van der Waals surface area contributed by atoms with Crippen LogP contribution in [0.1, 0.15) is 59.3 Å². The number of rotatable bonds is 9. The molecule has 0 bridgehead atoms. The van der Waals surface area contributed by atoms with E-state index in [0.29, 0.717) is 18.4 Å². The topological polar surface area (TPSA) is 20.3 Å². The van der Waals surface area contributed by atoms with E-state index >= 15 is 0 Å². The zero-order chi connectivity index (χ0) is 12.4. The van der Waals surface area contributed by atoms with Gasteiger partial charge in [0.15, 0.2) is 0 Å². The summed E-state index contributed by atoms with van der Waals surface area (Å²) in [6.07, 6.45) is 6.37. The lowest BCUT2D eigenvalue weighted by Crippen LogP contribution is -2.37. The molecule has 0 rings (SSSR count). The Morgan fingerprint density at radius 3 is 2.38 bits per heavy atom. The Labute approximate surface area is 109 Å². The van der Waals surface area contributed by atoms with Crippen molar-refractivity contribution in [3.8, 4) is 0 Å². The number of nitrogens with zero attached hydrogens (tertiary/aromatic N) is 1. The minimum absolute atomic E-state index is 0.326. The van der Waals surface area contributed by atoms with Crippen molar-refractivity contribution in [1.29, 1.82) is 0 Å². The lowest BCUT2D eigenvalue weighted by atomic mass is 10.2. The summed E-state index contributed by atoms with van der Waals surface area (Å²) in [6, 6.07) is 0.341. The molecule has 0 saturated heterocycles. The standard InChI is InChI=1S/C13H26BrNO/c1-4-5-8-11-15(12(2)3)13(16)9-6-7-10-14/h12H,4-11H2,1-3H3. The van der Waals surface area contributed by atoms with Gasteiger partial charge in [-0.3, -0.25) is 4.79 Å². The molecule has 0 fully saturated rings. The van der Waals surface area contributed by atoms with Crippen LogP contribution in [0.5, 0.6) is 0 Å². The van der Waals surface area contributed by atoms with Gasteiger partial charge >= 0.3 is 0 Å². The highest BCUT2D eigenvalue weighted by atomic mass is 79.9. The van der Waals surface area contributed by atoms with Gasteiger partial charge in [0.1, 0.15) is 0 Å². The van der Waals surface area contributed by atoms with Gasteiger partial charge in [0.25, 0.3) is 0 Å². The summed E-state index contributed by atoms with van der Waals surface area (Å²) in [5, 5.41) is 0.998. The van der Waals surface area contributed by atoms with Crippen LogP contribution in [0.4, 0.5) is 0 Å². The average Bonchev–Trinajstić information content (AvgIpc) is 2.24. The average molecular weight is 292 g/mol. The van der Waals surface area contributed by atoms with Gasteiger partial charge < -0.3 is 4.90 Å². The second-order valence-electron chi connectivity index (χ2n) is 4.53. The minimum Gasteiger partial charge on any atom is -0.340 e. The smallest absolute Gasteiger partial charge is 0.222 e. The molecule has 0 N–H and O–H groups in total. The van der Waals surface area contributed by atoms with Crippen molar-refractivity contribution in [2.75, 3.05) is 11.9 Å². The second-order valence-corrected chi connectivity index (χ2v) is 5.33. The van der Waals surface area contributed by atoms with Gasteiger partial charge in [-0.25, -0.2) is 0 Å². The number of hydrogen-bond acceptors (Lipinski definition) is 1. The van der Waals surface area contributed by atoms with Gasteiger partial charge in [-0.2, -0.15) is 0 Å². The molecule has 0 spiro atoms. The molecule has 0 saturated carbocycles. The third kappa shape index (κ3) is 7.26. The number of carbonyl (C=O) groups is 1. The van der Waals surface area contributed by atoms with Crippen molar-refractivity contribution in [3.05, 3.63) is 0 Å². The summed E-state index contributed by atoms with van der Waals surface area (Å²) in [4.78, 5) is 14.0. The Morgan fingerprint density at radius 2 is 1.88 bits per heavy atom. The van der Waals surface area contributed by atoms with E-state index in [1.54, 1.807) is 0 Å². The molecule has 0 aliphatic heterocycles. The van der Waals surface area contributed by atoms with Gasteiger partial charge in [-0.05, 0) is 33.1 Å². The molecule has 0 aromatic rings. The van der Waals surface area contributed by atoms with Crippen LogP contribution in [-0.2, 0) is 4.79 Å². The van der Waals surface area contributed by atoms with Crippen molar-refractivity contribution in [2.45, 2.75) is 65.3 Å². The maximum absolute atomic E-state index is 12.0. The molecular formula is C13H26BrNO. The molecule has 2 nitrogen and oxygen atoms in total. The maximum atomic E-state index is 12.0. The number of alkyl halides is 1. The van der Waals surface area contributed by atoms with E-state index in [4.69, 9.17) is 0 Å². The van der Waals surface area contributed by atoms with Crippen molar-refractivity contribution < 1.29 is 4.79 Å². The van der Waals surface area contributed by atoms with Crippen molar-refractivity contribution in [2.24, 2.45) is 0 Å². The second kappa shape index (κ2) is 10.1. The number of hydrogen-bond donors (Lipinski definition) is 0. The molecule has 0 radical (unpaired) electrons. The van der Waals surface area contributed by atoms with Crippen LogP contribution in [0.25, 0.3) is 0 Å². The van der Waals surface area contributed by atoms with E-state index in [9.17, 15) is 4.79 Å². The Kier molecular flexibility index (Phi) is 10.1. The lowest BCUT2D eigenvalue weighted by Gasteiger charge is -2.27. The minimum atomic E-state index is 0.326. The van der Waals surface area contributed by atoms with Crippen LogP contribution in [0.2, 0.25) is 0 Å². The van der Waals surface area contributed by atoms with E-state index in [-0.39, 0.29) is 0 Å². The summed E-state index contributed by atoms with van der Waals surface area (Å²) in [6.45, 7) is 7.33. The number of halogens is 1. The largest absolute Gasteiger partial charge is 0.340 e. The first-order valence-corrected chi connectivity index (χ1v) is 7.61. The summed E-state index contributed by atoms with van der Waals surface area (Å²) < 4.78 is 0. The van der Waals surface area contributed by atoms with Crippen LogP contribution in [0.15, 0.2) is 0 Å². The molecule has 0 atom stereocenters. The fraction of sp³-hybridized carbons (Fsp3) is 0.923. The van der Waals surface area contributed by atoms with Crippen molar-refractivity contribution in [3.63, 3.8) is 0 Å². The fourth-order valence-electron chi connectivity index (χ4n) is 1.72. The number of amides is 1. The molecule has 16 heavy (non-hydrogen) atoms. The van der Waals surface area contributed by atoms with Crippen molar-refractivity contribution >= 4 is 21.8 Å². The van der Waals surface area contributed by atoms with Crippen molar-refractivity contribution in [1.82, 2.24) is 4.90 Å². The normalized spacial score (nSPS) is 10.8. The zero-order valence-electron chi connectivity index (χ0n) is 11.0. The molecule has 1 amide bonds. The molecule has 0 aromatic heterocycles. The quantitative estimate of drug-likeness (QED) is 0.465. The molecule has 0 aliphatic carbocycles. The number of unbranched alkanes of at least 4 members (excludes halogenated alkanes) is 3. The van der Waals surface area contributed by atoms with E-state index in [0.717, 1.165) is 31.1 Å². The van der Waals surface area contributed by atoms with E-state index in [2.05, 4.69) is 36.7 Å². The third-order valence-electron chi connectivity index (χ3n) is 2.72. The monoisotopic (exact) mass is 291 g/mol. The van der Waals surface area contributed by atoms with Crippen LogP contribution < -0.4 is 0 Å². The highest BCUT2D eigenvalue weighted by Gasteiger charge is 2.15. The van der Waals surface area contributed by atoms with E-state index < -0.39 is 0 Å². The predicted molar refractivity (Wildman–Crippen MR) is 74.0 cm³/mol. The van der Waals surface area contributed by atoms with E-state index in [1.165, 1.54) is 12.8 Å². The zero-order valence-corrected chi connectivity index (χ0v) is 12.6. The van der Waals surface area contributed by atoms with Crippen LogP contribution >= 0.6 is 15.9 Å². The summed E-state index contributed by atoms with van der Waals surface area (Å²) in [7, 11) is 0. The molecule has 96 valence electrons. The molecular weight excluding hydrogens is 266 g/mol. The predicted octanol–water partition coefficient (Wildman–Crippen LogP) is 3.98. The molecule has 0 heterocycles. The molecule has 3 heteroatoms. The third-order valence-corrected chi connectivity index (χ3v) is 3.28. The Morgan fingerprint density at radius 1 is 1.19 bits per heavy atom. The summed E-state index contributed by atoms with van der Waals surface area (Å²) in [5.41, 5.74) is 0. The SMILES string of the molecule is CCCCCN(C(=O)CCCCBr)C(C)C. The van der Waals surface area contributed by atoms with Crippen LogP contribution in [0.3, 0.4) is 0 Å². The Balaban J connectivity index is 3.93. The first-order valence-electron chi connectivity index (χ1n) is 6.48. The Bertz CT molecular complexity index is 183. The first-order chi connectivity index (χ1) is 7.63. The molecule has 0 unspecified atom stereocenters. The fourth-order valence-corrected chi connectivity index (χ4v) is 2.11. The number of carbonyl (C=O) groups excluding carboxylic acids is 1. The summed E-state index contributed by atoms with van der Waals surface area (Å²) in [5.74, 6) is 0.326. The first kappa shape index (κ1) is 16.0. The van der Waals surface area contributed by atoms with Crippen LogP contribution in [-0.4, -0.2) is 28.7 Å². The maximum Gasteiger partial charge on any atom is 0.222 e. The molecule has 0 aliphatic rings. The lowest BCUT2D eigenvalue weighted by molar-refractivity contribution is -0.133. The van der Waals surface area contributed by atoms with Crippen LogP contribution in [0, 0.1) is 0 Å². The highest BCUT2D eigenvalue weighted by molar-refractivity contribution is 9.09. The highest BCUT2D eigenvalue weighted by Crippen LogP contribution is 2.08. The Hall–Kier alpha value is -0.0500. The summed E-state index contributed by atoms with van der Waals surface area (Å²) >= 11 is 3.39. The molecule has 0 aromatic carbocycles. The van der Waals surface area contributed by atoms with Gasteiger partial charge in [-0.15, -0.1) is 0 Å². The van der Waals surface area contributed by atoms with Gasteiger partial charge in [0, 0.05) is 24.3 Å². The van der Waals surface area contributed by atoms with E-state index in [1.807, 2.05) is 4.90 Å². The van der Waals surface area contributed by atoms with Gasteiger partial charge in [0.05, 0.1) is 0 Å². The van der Waals surface area contributed by atoms with Gasteiger partial charge in [0.2, 0.25) is 5.91 Å². The van der Waals surface area contributed by atoms with Gasteiger partial charge in [-0.1, -0.05) is 35.7 Å².